The van der Waals surface area contributed by atoms with Gasteiger partial charge in [-0.3, -0.25) is 0 Å². The number of aromatic nitrogens is 2. The van der Waals surface area contributed by atoms with Gasteiger partial charge in [0, 0.05) is 30.0 Å². The van der Waals surface area contributed by atoms with Gasteiger partial charge in [-0.15, -0.1) is 0 Å². The first-order valence-electron chi connectivity index (χ1n) is 5.46. The molecule has 0 fully saturated rings. The minimum Gasteiger partial charge on any atom is -0.336 e. The van der Waals surface area contributed by atoms with Crippen molar-refractivity contribution in [3.63, 3.8) is 0 Å². The van der Waals surface area contributed by atoms with Crippen molar-refractivity contribution in [3.8, 4) is 0 Å². The standard InChI is InChI=1S/C12H11ClF3N3/c13-10-2-1-8(12(14,15)16)5-9(10)11(17)6-19-4-3-18-7-19/h1-5,7,11H,6,17H2. The molecule has 19 heavy (non-hydrogen) atoms. The first kappa shape index (κ1) is 13.9. The maximum atomic E-state index is 12.6. The summed E-state index contributed by atoms with van der Waals surface area (Å²) in [4.78, 5) is 3.84. The Morgan fingerprint density at radius 3 is 2.68 bits per heavy atom. The molecular formula is C12H11ClF3N3. The second-order valence-electron chi connectivity index (χ2n) is 4.10. The van der Waals surface area contributed by atoms with Crippen LogP contribution < -0.4 is 5.73 Å². The summed E-state index contributed by atoms with van der Waals surface area (Å²) in [5.41, 5.74) is 5.41. The molecule has 1 unspecified atom stereocenters. The Morgan fingerprint density at radius 1 is 1.37 bits per heavy atom. The molecule has 2 N–H and O–H groups in total. The van der Waals surface area contributed by atoms with Gasteiger partial charge < -0.3 is 10.3 Å². The van der Waals surface area contributed by atoms with Crippen LogP contribution in [0.1, 0.15) is 17.2 Å². The third-order valence-corrected chi connectivity index (χ3v) is 3.03. The van der Waals surface area contributed by atoms with Crippen LogP contribution in [0.25, 0.3) is 0 Å². The van der Waals surface area contributed by atoms with E-state index in [2.05, 4.69) is 4.98 Å². The average Bonchev–Trinajstić information content (AvgIpc) is 2.80. The van der Waals surface area contributed by atoms with Crippen LogP contribution >= 0.6 is 11.6 Å². The molecule has 1 heterocycles. The SMILES string of the molecule is NC(Cn1ccnc1)c1cc(C(F)(F)F)ccc1Cl. The van der Waals surface area contributed by atoms with Gasteiger partial charge in [-0.25, -0.2) is 4.98 Å². The van der Waals surface area contributed by atoms with Crippen LogP contribution in [0.5, 0.6) is 0 Å². The van der Waals surface area contributed by atoms with E-state index in [9.17, 15) is 13.2 Å². The molecular weight excluding hydrogens is 279 g/mol. The van der Waals surface area contributed by atoms with Crippen molar-refractivity contribution in [2.45, 2.75) is 18.8 Å². The van der Waals surface area contributed by atoms with Gasteiger partial charge in [-0.2, -0.15) is 13.2 Å². The lowest BCUT2D eigenvalue weighted by Gasteiger charge is -2.16. The van der Waals surface area contributed by atoms with Crippen LogP contribution in [0.15, 0.2) is 36.9 Å². The summed E-state index contributed by atoms with van der Waals surface area (Å²) in [6, 6.07) is 2.51. The molecule has 0 saturated heterocycles. The van der Waals surface area contributed by atoms with E-state index in [1.807, 2.05) is 0 Å². The summed E-state index contributed by atoms with van der Waals surface area (Å²) in [5.74, 6) is 0. The summed E-state index contributed by atoms with van der Waals surface area (Å²) in [5, 5.41) is 0.223. The van der Waals surface area contributed by atoms with Crippen LogP contribution in [0.2, 0.25) is 5.02 Å². The van der Waals surface area contributed by atoms with Crippen molar-refractivity contribution in [1.29, 1.82) is 0 Å². The van der Waals surface area contributed by atoms with E-state index < -0.39 is 17.8 Å². The van der Waals surface area contributed by atoms with Crippen LogP contribution in [-0.4, -0.2) is 9.55 Å². The fourth-order valence-electron chi connectivity index (χ4n) is 1.72. The normalized spacial score (nSPS) is 13.5. The molecule has 1 aromatic carbocycles. The largest absolute Gasteiger partial charge is 0.416 e. The molecule has 0 spiro atoms. The smallest absolute Gasteiger partial charge is 0.336 e. The molecule has 1 aromatic heterocycles. The molecule has 0 aliphatic carbocycles. The number of nitrogens with two attached hydrogens (primary N) is 1. The third kappa shape index (κ3) is 3.27. The summed E-state index contributed by atoms with van der Waals surface area (Å²) >= 11 is 5.91. The van der Waals surface area contributed by atoms with Gasteiger partial charge in [0.15, 0.2) is 0 Å². The molecule has 0 radical (unpaired) electrons. The summed E-state index contributed by atoms with van der Waals surface area (Å²) in [7, 11) is 0. The number of hydrogen-bond acceptors (Lipinski definition) is 2. The predicted molar refractivity (Wildman–Crippen MR) is 65.6 cm³/mol. The maximum Gasteiger partial charge on any atom is 0.416 e. The molecule has 2 rings (SSSR count). The number of benzene rings is 1. The highest BCUT2D eigenvalue weighted by atomic mass is 35.5. The quantitative estimate of drug-likeness (QED) is 0.942. The van der Waals surface area contributed by atoms with E-state index in [1.54, 1.807) is 23.3 Å². The van der Waals surface area contributed by atoms with E-state index in [1.165, 1.54) is 6.07 Å². The molecule has 3 nitrogen and oxygen atoms in total. The number of hydrogen-bond donors (Lipinski definition) is 1. The zero-order valence-electron chi connectivity index (χ0n) is 9.73. The van der Waals surface area contributed by atoms with E-state index in [0.29, 0.717) is 6.54 Å². The van der Waals surface area contributed by atoms with E-state index in [-0.39, 0.29) is 10.6 Å². The highest BCUT2D eigenvalue weighted by Crippen LogP contribution is 2.33. The van der Waals surface area contributed by atoms with Gasteiger partial charge in [0.05, 0.1) is 11.9 Å². The lowest BCUT2D eigenvalue weighted by Crippen LogP contribution is -2.18. The first-order valence-corrected chi connectivity index (χ1v) is 5.83. The second-order valence-corrected chi connectivity index (χ2v) is 4.51. The Morgan fingerprint density at radius 2 is 2.11 bits per heavy atom. The van der Waals surface area contributed by atoms with Gasteiger partial charge in [0.2, 0.25) is 0 Å². The number of nitrogens with zero attached hydrogens (tertiary/aromatic N) is 2. The Kier molecular flexibility index (Phi) is 3.82. The second kappa shape index (κ2) is 5.22. The van der Waals surface area contributed by atoms with Gasteiger partial charge in [-0.1, -0.05) is 11.6 Å². The Labute approximate surface area is 112 Å². The molecule has 0 aliphatic rings. The van der Waals surface area contributed by atoms with Gasteiger partial charge in [-0.05, 0) is 23.8 Å². The van der Waals surface area contributed by atoms with Crippen molar-refractivity contribution in [2.75, 3.05) is 0 Å². The highest BCUT2D eigenvalue weighted by Gasteiger charge is 2.31. The molecule has 0 aliphatic heterocycles. The van der Waals surface area contributed by atoms with E-state index in [4.69, 9.17) is 17.3 Å². The number of rotatable bonds is 3. The minimum absolute atomic E-state index is 0.223. The number of imidazole rings is 1. The Balaban J connectivity index is 2.28. The van der Waals surface area contributed by atoms with Gasteiger partial charge >= 0.3 is 6.18 Å². The number of halogens is 4. The van der Waals surface area contributed by atoms with Gasteiger partial charge in [0.1, 0.15) is 0 Å². The van der Waals surface area contributed by atoms with Crippen LogP contribution in [0, 0.1) is 0 Å². The zero-order valence-corrected chi connectivity index (χ0v) is 10.5. The summed E-state index contributed by atoms with van der Waals surface area (Å²) in [6.45, 7) is 0.307. The molecule has 0 amide bonds. The van der Waals surface area contributed by atoms with Crippen molar-refractivity contribution in [2.24, 2.45) is 5.73 Å². The lowest BCUT2D eigenvalue weighted by molar-refractivity contribution is -0.137. The lowest BCUT2D eigenvalue weighted by atomic mass is 10.0. The van der Waals surface area contributed by atoms with Crippen molar-refractivity contribution in [1.82, 2.24) is 9.55 Å². The molecule has 2 aromatic rings. The zero-order chi connectivity index (χ0) is 14.0. The maximum absolute atomic E-state index is 12.6. The van der Waals surface area contributed by atoms with Crippen molar-refractivity contribution >= 4 is 11.6 Å². The predicted octanol–water partition coefficient (Wildman–Crippen LogP) is 3.26. The average molecular weight is 290 g/mol. The monoisotopic (exact) mass is 289 g/mol. The summed E-state index contributed by atoms with van der Waals surface area (Å²) in [6.07, 6.45) is 0.386. The third-order valence-electron chi connectivity index (χ3n) is 2.69. The van der Waals surface area contributed by atoms with Crippen molar-refractivity contribution in [3.05, 3.63) is 53.1 Å². The minimum atomic E-state index is -4.41. The Hall–Kier alpha value is -1.53. The fraction of sp³-hybridized carbons (Fsp3) is 0.250. The summed E-state index contributed by atoms with van der Waals surface area (Å²) < 4.78 is 39.6. The molecule has 0 saturated carbocycles. The van der Waals surface area contributed by atoms with Crippen LogP contribution in [0.4, 0.5) is 13.2 Å². The topological polar surface area (TPSA) is 43.8 Å². The van der Waals surface area contributed by atoms with Gasteiger partial charge in [0.25, 0.3) is 0 Å². The molecule has 1 atom stereocenters. The van der Waals surface area contributed by atoms with Crippen LogP contribution in [0.3, 0.4) is 0 Å². The molecule has 7 heteroatoms. The first-order chi connectivity index (χ1) is 8.88. The number of alkyl halides is 3. The van der Waals surface area contributed by atoms with E-state index >= 15 is 0 Å². The van der Waals surface area contributed by atoms with Crippen LogP contribution in [-0.2, 0) is 12.7 Å². The Bertz CT molecular complexity index is 552. The van der Waals surface area contributed by atoms with E-state index in [0.717, 1.165) is 12.1 Å². The highest BCUT2D eigenvalue weighted by molar-refractivity contribution is 6.31. The molecule has 0 bridgehead atoms. The molecule has 102 valence electrons. The fourth-order valence-corrected chi connectivity index (χ4v) is 1.98. The van der Waals surface area contributed by atoms with Crippen molar-refractivity contribution < 1.29 is 13.2 Å².